The van der Waals surface area contributed by atoms with E-state index in [1.54, 1.807) is 14.2 Å². The summed E-state index contributed by atoms with van der Waals surface area (Å²) in [5.74, 6) is 0. The zero-order valence-corrected chi connectivity index (χ0v) is 9.13. The third-order valence-corrected chi connectivity index (χ3v) is 3.92. The molecular weight excluding hydrogens is 174 g/mol. The van der Waals surface area contributed by atoms with E-state index in [1.165, 1.54) is 0 Å². The summed E-state index contributed by atoms with van der Waals surface area (Å²) in [6.45, 7) is 3.25. The predicted molar refractivity (Wildman–Crippen MR) is 49.9 cm³/mol. The third kappa shape index (κ3) is 4.84. The molecule has 0 aliphatic heterocycles. The summed E-state index contributed by atoms with van der Waals surface area (Å²) in [4.78, 5) is 0. The van der Waals surface area contributed by atoms with Crippen LogP contribution in [0, 0.1) is 0 Å². The fourth-order valence-electron chi connectivity index (χ4n) is 0.705. The highest BCUT2D eigenvalue weighted by molar-refractivity contribution is 6.59. The summed E-state index contributed by atoms with van der Waals surface area (Å²) in [5, 5.41) is 0. The summed E-state index contributed by atoms with van der Waals surface area (Å²) in [6.07, 6.45) is 1.95. The van der Waals surface area contributed by atoms with E-state index < -0.39 is 8.80 Å². The molecule has 0 heterocycles. The molecule has 0 amide bonds. The van der Waals surface area contributed by atoms with E-state index in [1.807, 2.05) is 6.55 Å². The van der Waals surface area contributed by atoms with Crippen LogP contribution in [0.3, 0.4) is 0 Å². The first-order valence-corrected chi connectivity index (χ1v) is 6.35. The number of hydrogen-bond donors (Lipinski definition) is 1. The standard InChI is InChI=1S/C7H19NO3Si/c1-9-12(3,10-2)11-7-5-4-6-8/h4-8H2,1-3H3. The van der Waals surface area contributed by atoms with Gasteiger partial charge in [-0.3, -0.25) is 0 Å². The third-order valence-electron chi connectivity index (χ3n) is 1.70. The molecule has 0 rings (SSSR count). The van der Waals surface area contributed by atoms with E-state index in [0.29, 0.717) is 13.2 Å². The van der Waals surface area contributed by atoms with E-state index >= 15 is 0 Å². The Morgan fingerprint density at radius 3 is 2.17 bits per heavy atom. The molecule has 4 nitrogen and oxygen atoms in total. The van der Waals surface area contributed by atoms with Gasteiger partial charge in [0.05, 0.1) is 0 Å². The van der Waals surface area contributed by atoms with Crippen LogP contribution in [0.2, 0.25) is 6.55 Å². The van der Waals surface area contributed by atoms with Gasteiger partial charge in [0.1, 0.15) is 0 Å². The Balaban J connectivity index is 3.45. The van der Waals surface area contributed by atoms with Crippen LogP contribution in [0.1, 0.15) is 12.8 Å². The van der Waals surface area contributed by atoms with Gasteiger partial charge in [-0.2, -0.15) is 0 Å². The lowest BCUT2D eigenvalue weighted by atomic mass is 10.3. The Hall–Kier alpha value is 0.0569. The van der Waals surface area contributed by atoms with Crippen LogP contribution in [0.25, 0.3) is 0 Å². The first-order chi connectivity index (χ1) is 5.68. The van der Waals surface area contributed by atoms with Crippen molar-refractivity contribution in [3.05, 3.63) is 0 Å². The van der Waals surface area contributed by atoms with Crippen molar-refractivity contribution in [3.63, 3.8) is 0 Å². The van der Waals surface area contributed by atoms with E-state index in [4.69, 9.17) is 19.0 Å². The second-order valence-electron chi connectivity index (χ2n) is 2.61. The highest BCUT2D eigenvalue weighted by Gasteiger charge is 2.31. The van der Waals surface area contributed by atoms with E-state index in [0.717, 1.165) is 12.8 Å². The zero-order valence-electron chi connectivity index (χ0n) is 8.13. The van der Waals surface area contributed by atoms with Crippen LogP contribution in [0.4, 0.5) is 0 Å². The molecule has 0 saturated carbocycles. The summed E-state index contributed by atoms with van der Waals surface area (Å²) in [7, 11) is 0.931. The summed E-state index contributed by atoms with van der Waals surface area (Å²) >= 11 is 0. The molecule has 5 heteroatoms. The predicted octanol–water partition coefficient (Wildman–Crippen LogP) is 0.603. The van der Waals surface area contributed by atoms with Crippen molar-refractivity contribution in [3.8, 4) is 0 Å². The zero-order chi connectivity index (χ0) is 9.45. The van der Waals surface area contributed by atoms with Gasteiger partial charge >= 0.3 is 8.80 Å². The molecule has 0 aliphatic carbocycles. The van der Waals surface area contributed by atoms with Crippen molar-refractivity contribution >= 4 is 8.80 Å². The van der Waals surface area contributed by atoms with Gasteiger partial charge in [0.15, 0.2) is 0 Å². The Kier molecular flexibility index (Phi) is 6.59. The van der Waals surface area contributed by atoms with Gasteiger partial charge in [0.25, 0.3) is 0 Å². The second-order valence-corrected chi connectivity index (χ2v) is 5.44. The molecule has 12 heavy (non-hydrogen) atoms. The smallest absolute Gasteiger partial charge is 0.377 e. The molecule has 74 valence electrons. The minimum absolute atomic E-state index is 0.668. The lowest BCUT2D eigenvalue weighted by Gasteiger charge is -2.21. The van der Waals surface area contributed by atoms with Crippen molar-refractivity contribution in [1.29, 1.82) is 0 Å². The van der Waals surface area contributed by atoms with Crippen molar-refractivity contribution in [2.24, 2.45) is 5.73 Å². The number of unbranched alkanes of at least 4 members (excludes halogenated alkanes) is 1. The molecule has 0 fully saturated rings. The Morgan fingerprint density at radius 2 is 1.75 bits per heavy atom. The average molecular weight is 193 g/mol. The molecule has 0 aliphatic rings. The fourth-order valence-corrected chi connectivity index (χ4v) is 1.62. The first kappa shape index (κ1) is 12.1. The van der Waals surface area contributed by atoms with Crippen molar-refractivity contribution in [2.45, 2.75) is 19.4 Å². The second kappa shape index (κ2) is 6.56. The van der Waals surface area contributed by atoms with Crippen molar-refractivity contribution in [2.75, 3.05) is 27.4 Å². The average Bonchev–Trinajstić information content (AvgIpc) is 2.12. The van der Waals surface area contributed by atoms with Crippen LogP contribution in [0.5, 0.6) is 0 Å². The maximum Gasteiger partial charge on any atom is 0.497 e. The quantitative estimate of drug-likeness (QED) is 0.475. The Bertz CT molecular complexity index is 109. The van der Waals surface area contributed by atoms with Gasteiger partial charge in [-0.15, -0.1) is 0 Å². The molecule has 0 bridgehead atoms. The molecule has 0 spiro atoms. The molecule has 0 atom stereocenters. The maximum atomic E-state index is 5.47. The van der Waals surface area contributed by atoms with Crippen LogP contribution in [-0.4, -0.2) is 36.2 Å². The molecule has 0 aromatic carbocycles. The molecule has 0 radical (unpaired) electrons. The van der Waals surface area contributed by atoms with Crippen LogP contribution >= 0.6 is 0 Å². The molecule has 0 aromatic rings. The topological polar surface area (TPSA) is 53.7 Å². The molecule has 0 unspecified atom stereocenters. The summed E-state index contributed by atoms with van der Waals surface area (Å²) < 4.78 is 15.7. The Labute approximate surface area is 75.4 Å². The fraction of sp³-hybridized carbons (Fsp3) is 1.00. The van der Waals surface area contributed by atoms with Gasteiger partial charge in [0, 0.05) is 27.4 Å². The van der Waals surface area contributed by atoms with Gasteiger partial charge in [-0.05, 0) is 19.4 Å². The molecule has 2 N–H and O–H groups in total. The molecule has 0 saturated heterocycles. The van der Waals surface area contributed by atoms with Crippen LogP contribution in [0.15, 0.2) is 0 Å². The summed E-state index contributed by atoms with van der Waals surface area (Å²) in [6, 6.07) is 0. The Morgan fingerprint density at radius 1 is 1.17 bits per heavy atom. The minimum atomic E-state index is -2.29. The van der Waals surface area contributed by atoms with Crippen LogP contribution < -0.4 is 5.73 Å². The minimum Gasteiger partial charge on any atom is -0.377 e. The number of rotatable bonds is 7. The van der Waals surface area contributed by atoms with Crippen molar-refractivity contribution in [1.82, 2.24) is 0 Å². The molecular formula is C7H19NO3Si. The normalized spacial score (nSPS) is 12.0. The highest BCUT2D eigenvalue weighted by atomic mass is 28.4. The van der Waals surface area contributed by atoms with E-state index in [2.05, 4.69) is 0 Å². The van der Waals surface area contributed by atoms with Gasteiger partial charge in [-0.25, -0.2) is 0 Å². The lowest BCUT2D eigenvalue weighted by Crippen LogP contribution is -2.40. The molecule has 0 aromatic heterocycles. The first-order valence-electron chi connectivity index (χ1n) is 4.13. The van der Waals surface area contributed by atoms with Gasteiger partial charge in [0.2, 0.25) is 0 Å². The van der Waals surface area contributed by atoms with Crippen molar-refractivity contribution < 1.29 is 13.3 Å². The van der Waals surface area contributed by atoms with Crippen LogP contribution in [-0.2, 0) is 13.3 Å². The van der Waals surface area contributed by atoms with Gasteiger partial charge in [-0.1, -0.05) is 0 Å². The van der Waals surface area contributed by atoms with Gasteiger partial charge < -0.3 is 19.0 Å². The number of nitrogens with two attached hydrogens (primary N) is 1. The lowest BCUT2D eigenvalue weighted by molar-refractivity contribution is 0.104. The highest BCUT2D eigenvalue weighted by Crippen LogP contribution is 2.06. The number of hydrogen-bond acceptors (Lipinski definition) is 4. The SMILES string of the molecule is CO[Si](C)(OC)OCCCCN. The van der Waals surface area contributed by atoms with E-state index in [-0.39, 0.29) is 0 Å². The summed E-state index contributed by atoms with van der Waals surface area (Å²) in [5.41, 5.74) is 5.34. The monoisotopic (exact) mass is 193 g/mol. The van der Waals surface area contributed by atoms with E-state index in [9.17, 15) is 0 Å². The maximum absolute atomic E-state index is 5.47. The largest absolute Gasteiger partial charge is 0.497 e.